The molecule has 2 aliphatic heterocycles. The van der Waals surface area contributed by atoms with E-state index in [9.17, 15) is 14.4 Å². The third-order valence-electron chi connectivity index (χ3n) is 6.43. The number of hydrogen-bond donors (Lipinski definition) is 2. The Hall–Kier alpha value is -2.64. The Labute approximate surface area is 188 Å². The van der Waals surface area contributed by atoms with Crippen LogP contribution in [0, 0.1) is 11.7 Å². The number of nitrogens with one attached hydrogen (secondary N) is 2. The number of hydrogen-bond acceptors (Lipinski definition) is 3. The van der Waals surface area contributed by atoms with Crippen LogP contribution in [0.4, 0.5) is 10.1 Å². The number of halogens is 3. The van der Waals surface area contributed by atoms with Gasteiger partial charge in [0.05, 0.1) is 5.02 Å². The summed E-state index contributed by atoms with van der Waals surface area (Å²) in [5.74, 6) is -2.08. The van der Waals surface area contributed by atoms with E-state index >= 15 is 4.39 Å². The van der Waals surface area contributed by atoms with E-state index < -0.39 is 29.2 Å². The average molecular weight is 464 g/mol. The Balaban J connectivity index is 1.97. The number of fused-ring (bicyclic) bond motifs is 2. The summed E-state index contributed by atoms with van der Waals surface area (Å²) in [6.45, 7) is 2.18. The summed E-state index contributed by atoms with van der Waals surface area (Å²) in [5.41, 5.74) is -0.180. The van der Waals surface area contributed by atoms with E-state index in [0.29, 0.717) is 42.1 Å². The molecule has 3 amide bonds. The van der Waals surface area contributed by atoms with Crippen LogP contribution in [0.15, 0.2) is 36.4 Å². The SMILES string of the molecule is C[C@@H]1[C@H](CCNC=O)N(C=O)[C@@]2(C(=O)Nc3cc(Cl)ccc32)[C@H]1c1cccc(Cl)c1F. The summed E-state index contributed by atoms with van der Waals surface area (Å²) in [7, 11) is 0. The monoisotopic (exact) mass is 463 g/mol. The minimum Gasteiger partial charge on any atom is -0.359 e. The smallest absolute Gasteiger partial charge is 0.255 e. The lowest BCUT2D eigenvalue weighted by Crippen LogP contribution is -2.51. The molecule has 2 heterocycles. The molecule has 0 aromatic heterocycles. The molecule has 6 nitrogen and oxygen atoms in total. The lowest BCUT2D eigenvalue weighted by molar-refractivity contribution is -0.137. The van der Waals surface area contributed by atoms with Gasteiger partial charge in [-0.15, -0.1) is 0 Å². The molecule has 0 unspecified atom stereocenters. The summed E-state index contributed by atoms with van der Waals surface area (Å²) in [4.78, 5) is 38.2. The minimum absolute atomic E-state index is 0.0571. The Kier molecular flexibility index (Phi) is 5.66. The number of rotatable bonds is 6. The molecule has 9 heteroatoms. The summed E-state index contributed by atoms with van der Waals surface area (Å²) in [6, 6.07) is 9.19. The molecule has 2 aromatic rings. The molecular formula is C22H20Cl2FN3O3. The second kappa shape index (κ2) is 8.13. The number of nitrogens with zero attached hydrogens (tertiary/aromatic N) is 1. The molecule has 2 N–H and O–H groups in total. The second-order valence-corrected chi connectivity index (χ2v) is 8.67. The van der Waals surface area contributed by atoms with Gasteiger partial charge in [0.15, 0.2) is 5.54 Å². The second-order valence-electron chi connectivity index (χ2n) is 7.83. The Morgan fingerprint density at radius 1 is 1.26 bits per heavy atom. The first-order valence-electron chi connectivity index (χ1n) is 9.84. The maximum atomic E-state index is 15.2. The molecule has 2 aliphatic rings. The van der Waals surface area contributed by atoms with E-state index in [2.05, 4.69) is 10.6 Å². The van der Waals surface area contributed by atoms with E-state index in [1.807, 2.05) is 6.92 Å². The Morgan fingerprint density at radius 3 is 2.74 bits per heavy atom. The number of benzene rings is 2. The van der Waals surface area contributed by atoms with Crippen LogP contribution in [0.25, 0.3) is 0 Å². The molecule has 4 atom stereocenters. The van der Waals surface area contributed by atoms with Gasteiger partial charge >= 0.3 is 0 Å². The van der Waals surface area contributed by atoms with Crippen LogP contribution < -0.4 is 10.6 Å². The highest BCUT2D eigenvalue weighted by Gasteiger charge is 2.65. The van der Waals surface area contributed by atoms with Gasteiger partial charge in [-0.2, -0.15) is 0 Å². The van der Waals surface area contributed by atoms with Gasteiger partial charge in [-0.1, -0.05) is 48.3 Å². The predicted octanol–water partition coefficient (Wildman–Crippen LogP) is 3.68. The highest BCUT2D eigenvalue weighted by Crippen LogP contribution is 2.59. The maximum absolute atomic E-state index is 15.2. The predicted molar refractivity (Wildman–Crippen MR) is 115 cm³/mol. The zero-order valence-electron chi connectivity index (χ0n) is 16.6. The van der Waals surface area contributed by atoms with Crippen molar-refractivity contribution in [2.24, 2.45) is 5.92 Å². The van der Waals surface area contributed by atoms with Gasteiger partial charge in [-0.3, -0.25) is 14.4 Å². The van der Waals surface area contributed by atoms with Crippen LogP contribution in [0.1, 0.15) is 30.4 Å². The number of likely N-dealkylation sites (tertiary alicyclic amines) is 1. The number of anilines is 1. The van der Waals surface area contributed by atoms with Gasteiger partial charge in [0.25, 0.3) is 5.91 Å². The van der Waals surface area contributed by atoms with Crippen molar-refractivity contribution in [3.8, 4) is 0 Å². The quantitative estimate of drug-likeness (QED) is 0.506. The van der Waals surface area contributed by atoms with Gasteiger partial charge in [-0.05, 0) is 36.1 Å². The van der Waals surface area contributed by atoms with Gasteiger partial charge < -0.3 is 15.5 Å². The topological polar surface area (TPSA) is 78.5 Å². The van der Waals surface area contributed by atoms with Crippen LogP contribution >= 0.6 is 23.2 Å². The molecule has 0 bridgehead atoms. The fourth-order valence-corrected chi connectivity index (χ4v) is 5.61. The van der Waals surface area contributed by atoms with Crippen molar-refractivity contribution in [2.45, 2.75) is 30.8 Å². The molecule has 0 saturated carbocycles. The molecule has 4 rings (SSSR count). The maximum Gasteiger partial charge on any atom is 0.255 e. The summed E-state index contributed by atoms with van der Waals surface area (Å²) < 4.78 is 15.2. The van der Waals surface area contributed by atoms with Crippen LogP contribution in [0.2, 0.25) is 10.0 Å². The van der Waals surface area contributed by atoms with Crippen molar-refractivity contribution in [2.75, 3.05) is 11.9 Å². The Bertz CT molecular complexity index is 1070. The van der Waals surface area contributed by atoms with E-state index in [4.69, 9.17) is 23.2 Å². The number of amides is 3. The van der Waals surface area contributed by atoms with E-state index in [1.54, 1.807) is 30.3 Å². The molecule has 0 radical (unpaired) electrons. The largest absolute Gasteiger partial charge is 0.359 e. The van der Waals surface area contributed by atoms with Gasteiger partial charge in [0.1, 0.15) is 5.82 Å². The minimum atomic E-state index is -1.47. The van der Waals surface area contributed by atoms with Crippen LogP contribution in [0.3, 0.4) is 0 Å². The Morgan fingerprint density at radius 2 is 2.03 bits per heavy atom. The zero-order chi connectivity index (χ0) is 22.3. The molecule has 162 valence electrons. The third kappa shape index (κ3) is 3.10. The third-order valence-corrected chi connectivity index (χ3v) is 6.96. The summed E-state index contributed by atoms with van der Waals surface area (Å²) in [5, 5.41) is 5.79. The molecule has 2 aromatic carbocycles. The molecular weight excluding hydrogens is 444 g/mol. The molecule has 0 aliphatic carbocycles. The lowest BCUT2D eigenvalue weighted by atomic mass is 9.71. The lowest BCUT2D eigenvalue weighted by Gasteiger charge is -2.37. The van der Waals surface area contributed by atoms with Crippen molar-refractivity contribution in [3.05, 3.63) is 63.4 Å². The van der Waals surface area contributed by atoms with Crippen LogP contribution in [-0.4, -0.2) is 36.2 Å². The first-order chi connectivity index (χ1) is 14.9. The molecule has 31 heavy (non-hydrogen) atoms. The van der Waals surface area contributed by atoms with E-state index in [0.717, 1.165) is 0 Å². The number of carbonyl (C=O) groups is 3. The van der Waals surface area contributed by atoms with Gasteiger partial charge in [0, 0.05) is 34.8 Å². The van der Waals surface area contributed by atoms with Gasteiger partial charge in [0.2, 0.25) is 12.8 Å². The first kappa shape index (κ1) is 21.6. The van der Waals surface area contributed by atoms with Crippen LogP contribution in [0.5, 0.6) is 0 Å². The van der Waals surface area contributed by atoms with Crippen molar-refractivity contribution in [1.82, 2.24) is 10.2 Å². The summed E-state index contributed by atoms with van der Waals surface area (Å²) >= 11 is 12.2. The highest BCUT2D eigenvalue weighted by atomic mass is 35.5. The average Bonchev–Trinajstić information content (AvgIpc) is 3.15. The highest BCUT2D eigenvalue weighted by molar-refractivity contribution is 6.31. The van der Waals surface area contributed by atoms with Gasteiger partial charge in [-0.25, -0.2) is 4.39 Å². The fraction of sp³-hybridized carbons (Fsp3) is 0.318. The van der Waals surface area contributed by atoms with Crippen molar-refractivity contribution in [3.63, 3.8) is 0 Å². The fourth-order valence-electron chi connectivity index (χ4n) is 5.26. The molecule has 1 fully saturated rings. The van der Waals surface area contributed by atoms with Crippen molar-refractivity contribution < 1.29 is 18.8 Å². The first-order valence-corrected chi connectivity index (χ1v) is 10.6. The van der Waals surface area contributed by atoms with Crippen LogP contribution in [-0.2, 0) is 19.9 Å². The van der Waals surface area contributed by atoms with E-state index in [-0.39, 0.29) is 16.5 Å². The zero-order valence-corrected chi connectivity index (χ0v) is 18.1. The normalized spacial score (nSPS) is 26.6. The van der Waals surface area contributed by atoms with Crippen molar-refractivity contribution in [1.29, 1.82) is 0 Å². The number of carbonyl (C=O) groups excluding carboxylic acids is 3. The molecule has 1 spiro atoms. The summed E-state index contributed by atoms with van der Waals surface area (Å²) in [6.07, 6.45) is 1.61. The van der Waals surface area contributed by atoms with Crippen molar-refractivity contribution >= 4 is 47.6 Å². The van der Waals surface area contributed by atoms with E-state index in [1.165, 1.54) is 11.0 Å². The standard InChI is InChI=1S/C22H20Cl2FN3O3/c1-12-18(7-8-26-10-29)28(11-30)22(19(12)14-3-2-4-16(24)20(14)25)15-6-5-13(23)9-17(15)27-21(22)31/h2-6,9-12,18-19H,7-8H2,1H3,(H,26,29)(H,27,31)/t12-,18+,19-,22-/m1/s1. The molecule has 1 saturated heterocycles.